The molecular formula is C17H19F2N3O3. The van der Waals surface area contributed by atoms with Crippen molar-refractivity contribution in [2.45, 2.75) is 33.2 Å². The lowest BCUT2D eigenvalue weighted by Gasteiger charge is -2.11. The summed E-state index contributed by atoms with van der Waals surface area (Å²) in [6.07, 6.45) is -1.82. The number of hydrogen-bond donors (Lipinski definition) is 2. The van der Waals surface area contributed by atoms with E-state index in [2.05, 4.69) is 10.4 Å². The minimum absolute atomic E-state index is 0.107. The number of carbonyl (C=O) groups is 2. The first-order valence-corrected chi connectivity index (χ1v) is 7.74. The van der Waals surface area contributed by atoms with E-state index in [0.29, 0.717) is 11.3 Å². The Labute approximate surface area is 143 Å². The number of alkyl halides is 2. The molecule has 2 N–H and O–H groups in total. The van der Waals surface area contributed by atoms with Crippen LogP contribution in [0.3, 0.4) is 0 Å². The Hall–Kier alpha value is -2.77. The molecule has 0 radical (unpaired) electrons. The van der Waals surface area contributed by atoms with E-state index >= 15 is 0 Å². The van der Waals surface area contributed by atoms with Gasteiger partial charge in [0.05, 0.1) is 18.2 Å². The lowest BCUT2D eigenvalue weighted by molar-refractivity contribution is -0.136. The molecule has 8 heteroatoms. The molecule has 6 nitrogen and oxygen atoms in total. The molecule has 0 aliphatic carbocycles. The van der Waals surface area contributed by atoms with Crippen LogP contribution in [-0.4, -0.2) is 26.8 Å². The number of amides is 1. The number of aliphatic carboxylic acids is 1. The fourth-order valence-electron chi connectivity index (χ4n) is 2.37. The van der Waals surface area contributed by atoms with Gasteiger partial charge in [0.15, 0.2) is 0 Å². The highest BCUT2D eigenvalue weighted by Crippen LogP contribution is 2.24. The molecule has 0 unspecified atom stereocenters. The molecule has 0 fully saturated rings. The number of carboxylic acids is 1. The van der Waals surface area contributed by atoms with Crippen LogP contribution in [0.1, 0.15) is 41.9 Å². The summed E-state index contributed by atoms with van der Waals surface area (Å²) in [5.41, 5.74) is 0.374. The highest BCUT2D eigenvalue weighted by atomic mass is 19.3. The second kappa shape index (κ2) is 7.87. The Morgan fingerprint density at radius 3 is 2.40 bits per heavy atom. The van der Waals surface area contributed by atoms with Crippen molar-refractivity contribution >= 4 is 17.6 Å². The van der Waals surface area contributed by atoms with Gasteiger partial charge < -0.3 is 10.4 Å². The molecule has 1 aromatic heterocycles. The van der Waals surface area contributed by atoms with E-state index in [9.17, 15) is 18.4 Å². The summed E-state index contributed by atoms with van der Waals surface area (Å²) in [5, 5.41) is 15.2. The van der Waals surface area contributed by atoms with Crippen molar-refractivity contribution in [3.8, 4) is 0 Å². The number of anilines is 1. The predicted molar refractivity (Wildman–Crippen MR) is 87.8 cm³/mol. The second-order valence-electron chi connectivity index (χ2n) is 6.04. The number of hydrogen-bond acceptors (Lipinski definition) is 3. The van der Waals surface area contributed by atoms with Gasteiger partial charge >= 0.3 is 5.97 Å². The van der Waals surface area contributed by atoms with Crippen LogP contribution in [0.4, 0.5) is 14.5 Å². The van der Waals surface area contributed by atoms with Crippen LogP contribution in [-0.2, 0) is 17.8 Å². The molecular weight excluding hydrogens is 332 g/mol. The third-order valence-electron chi connectivity index (χ3n) is 3.44. The molecule has 0 saturated heterocycles. The molecule has 0 bridgehead atoms. The molecule has 0 aliphatic heterocycles. The van der Waals surface area contributed by atoms with Crippen LogP contribution in [0.2, 0.25) is 0 Å². The maximum atomic E-state index is 13.3. The molecule has 0 aliphatic rings. The second-order valence-corrected chi connectivity index (χ2v) is 6.04. The van der Waals surface area contributed by atoms with Crippen molar-refractivity contribution in [2.24, 2.45) is 5.92 Å². The van der Waals surface area contributed by atoms with Crippen LogP contribution < -0.4 is 5.32 Å². The van der Waals surface area contributed by atoms with Gasteiger partial charge in [0.2, 0.25) is 0 Å². The summed E-state index contributed by atoms with van der Waals surface area (Å²) in [6.45, 7) is 4.03. The molecule has 134 valence electrons. The van der Waals surface area contributed by atoms with Gasteiger partial charge in [0.1, 0.15) is 5.69 Å². The minimum Gasteiger partial charge on any atom is -0.481 e. The SMILES string of the molecule is CC(C)Cn1ncc(C(=O)Nc2ccc(CC(=O)O)cc2)c1C(F)F. The number of nitrogens with one attached hydrogen (secondary N) is 1. The first kappa shape index (κ1) is 18.6. The van der Waals surface area contributed by atoms with Crippen LogP contribution in [0.25, 0.3) is 0 Å². The summed E-state index contributed by atoms with van der Waals surface area (Å²) >= 11 is 0. The zero-order valence-electron chi connectivity index (χ0n) is 13.9. The van der Waals surface area contributed by atoms with Gasteiger partial charge in [-0.1, -0.05) is 26.0 Å². The van der Waals surface area contributed by atoms with Crippen molar-refractivity contribution in [2.75, 3.05) is 5.32 Å². The molecule has 2 rings (SSSR count). The number of halogens is 2. The fraction of sp³-hybridized carbons (Fsp3) is 0.353. The lowest BCUT2D eigenvalue weighted by Crippen LogP contribution is -2.16. The Kier molecular flexibility index (Phi) is 5.84. The van der Waals surface area contributed by atoms with Gasteiger partial charge in [0, 0.05) is 12.2 Å². The van der Waals surface area contributed by atoms with Gasteiger partial charge in [-0.3, -0.25) is 14.3 Å². The average Bonchev–Trinajstić information content (AvgIpc) is 2.91. The fourth-order valence-corrected chi connectivity index (χ4v) is 2.37. The van der Waals surface area contributed by atoms with Gasteiger partial charge in [-0.2, -0.15) is 5.10 Å². The molecule has 25 heavy (non-hydrogen) atoms. The number of carboxylic acid groups (broad SMARTS) is 1. The van der Waals surface area contributed by atoms with Crippen molar-refractivity contribution in [3.63, 3.8) is 0 Å². The van der Waals surface area contributed by atoms with Crippen LogP contribution >= 0.6 is 0 Å². The van der Waals surface area contributed by atoms with Crippen molar-refractivity contribution in [3.05, 3.63) is 47.3 Å². The smallest absolute Gasteiger partial charge is 0.307 e. The Morgan fingerprint density at radius 1 is 1.24 bits per heavy atom. The third-order valence-corrected chi connectivity index (χ3v) is 3.44. The molecule has 0 spiro atoms. The quantitative estimate of drug-likeness (QED) is 0.801. The minimum atomic E-state index is -2.82. The van der Waals surface area contributed by atoms with E-state index in [1.807, 2.05) is 13.8 Å². The zero-order chi connectivity index (χ0) is 18.6. The molecule has 1 heterocycles. The monoisotopic (exact) mass is 351 g/mol. The van der Waals surface area contributed by atoms with E-state index < -0.39 is 24.0 Å². The Bertz CT molecular complexity index is 755. The number of carbonyl (C=O) groups excluding carboxylic acids is 1. The van der Waals surface area contributed by atoms with Crippen LogP contribution in [0.5, 0.6) is 0 Å². The zero-order valence-corrected chi connectivity index (χ0v) is 13.9. The molecule has 0 saturated carbocycles. The van der Waals surface area contributed by atoms with E-state index in [1.165, 1.54) is 12.1 Å². The molecule has 1 aromatic carbocycles. The largest absolute Gasteiger partial charge is 0.481 e. The molecule has 2 aromatic rings. The van der Waals surface area contributed by atoms with E-state index in [4.69, 9.17) is 5.11 Å². The average molecular weight is 351 g/mol. The maximum absolute atomic E-state index is 13.3. The summed E-state index contributed by atoms with van der Waals surface area (Å²) in [5.74, 6) is -1.54. The highest BCUT2D eigenvalue weighted by molar-refractivity contribution is 6.05. The van der Waals surface area contributed by atoms with Gasteiger partial charge in [-0.05, 0) is 23.6 Å². The number of rotatable bonds is 7. The topological polar surface area (TPSA) is 84.2 Å². The summed E-state index contributed by atoms with van der Waals surface area (Å²) in [7, 11) is 0. The van der Waals surface area contributed by atoms with Crippen molar-refractivity contribution in [1.29, 1.82) is 0 Å². The lowest BCUT2D eigenvalue weighted by atomic mass is 10.1. The van der Waals surface area contributed by atoms with E-state index in [-0.39, 0.29) is 24.4 Å². The van der Waals surface area contributed by atoms with E-state index in [0.717, 1.165) is 10.9 Å². The summed E-state index contributed by atoms with van der Waals surface area (Å²) < 4.78 is 27.9. The van der Waals surface area contributed by atoms with Crippen LogP contribution in [0, 0.1) is 5.92 Å². The maximum Gasteiger partial charge on any atom is 0.307 e. The number of benzene rings is 1. The first-order valence-electron chi connectivity index (χ1n) is 7.74. The van der Waals surface area contributed by atoms with Crippen molar-refractivity contribution < 1.29 is 23.5 Å². The molecule has 1 amide bonds. The Morgan fingerprint density at radius 2 is 1.88 bits per heavy atom. The van der Waals surface area contributed by atoms with Gasteiger partial charge in [-0.15, -0.1) is 0 Å². The summed E-state index contributed by atoms with van der Waals surface area (Å²) in [4.78, 5) is 23.0. The summed E-state index contributed by atoms with van der Waals surface area (Å²) in [6, 6.07) is 6.16. The number of aromatic nitrogens is 2. The van der Waals surface area contributed by atoms with Crippen molar-refractivity contribution in [1.82, 2.24) is 9.78 Å². The third kappa shape index (κ3) is 4.85. The van der Waals surface area contributed by atoms with Crippen LogP contribution in [0.15, 0.2) is 30.5 Å². The molecule has 0 atom stereocenters. The van der Waals surface area contributed by atoms with Gasteiger partial charge in [-0.25, -0.2) is 8.78 Å². The predicted octanol–water partition coefficient (Wildman–Crippen LogP) is 3.36. The normalized spacial score (nSPS) is 11.1. The standard InChI is InChI=1S/C17H19F2N3O3/c1-10(2)9-22-15(16(18)19)13(8-20-22)17(25)21-12-5-3-11(4-6-12)7-14(23)24/h3-6,8,10,16H,7,9H2,1-2H3,(H,21,25)(H,23,24). The van der Waals surface area contributed by atoms with E-state index in [1.54, 1.807) is 12.1 Å². The highest BCUT2D eigenvalue weighted by Gasteiger charge is 2.25. The number of nitrogens with zero attached hydrogens (tertiary/aromatic N) is 2. The van der Waals surface area contributed by atoms with Gasteiger partial charge in [0.25, 0.3) is 12.3 Å². The Balaban J connectivity index is 2.17. The first-order chi connectivity index (χ1) is 11.8.